The minimum absolute atomic E-state index is 0.0245. The molecule has 3 heteroatoms. The highest BCUT2D eigenvalue weighted by atomic mass is 16.5. The summed E-state index contributed by atoms with van der Waals surface area (Å²) in [7, 11) is 0. The lowest BCUT2D eigenvalue weighted by atomic mass is 9.81. The van der Waals surface area contributed by atoms with Gasteiger partial charge >= 0.3 is 0 Å². The molecule has 2 aliphatic rings. The fourth-order valence-corrected chi connectivity index (χ4v) is 8.03. The largest absolute Gasteiger partial charge is 0.464 e. The van der Waals surface area contributed by atoms with E-state index in [1.807, 2.05) is 0 Å². The van der Waals surface area contributed by atoms with Gasteiger partial charge in [-0.2, -0.15) is 0 Å². The molecule has 2 N–H and O–H groups in total. The molecule has 2 heterocycles. The smallest absolute Gasteiger partial charge is 0.198 e. The molecule has 3 nitrogen and oxygen atoms in total. The van der Waals surface area contributed by atoms with Gasteiger partial charge in [0.2, 0.25) is 0 Å². The van der Waals surface area contributed by atoms with Crippen molar-refractivity contribution < 1.29 is 4.74 Å². The Kier molecular flexibility index (Phi) is 5.40. The summed E-state index contributed by atoms with van der Waals surface area (Å²) in [6.45, 7) is 4.69. The Labute approximate surface area is 273 Å². The van der Waals surface area contributed by atoms with Crippen molar-refractivity contribution >= 4 is 38.1 Å². The first-order valence-corrected chi connectivity index (χ1v) is 16.4. The maximum absolute atomic E-state index is 6.75. The quantitative estimate of drug-likeness (QED) is 0.197. The molecule has 1 atom stereocenters. The number of aromatic amines is 1. The van der Waals surface area contributed by atoms with Crippen molar-refractivity contribution in [2.45, 2.75) is 25.5 Å². The number of H-pyrrole nitrogens is 1. The van der Waals surface area contributed by atoms with Crippen LogP contribution in [0.1, 0.15) is 36.8 Å². The molecule has 10 rings (SSSR count). The van der Waals surface area contributed by atoms with E-state index in [2.05, 4.69) is 164 Å². The molecule has 47 heavy (non-hydrogen) atoms. The van der Waals surface area contributed by atoms with Gasteiger partial charge in [0.1, 0.15) is 0 Å². The predicted molar refractivity (Wildman–Crippen MR) is 195 cm³/mol. The fourth-order valence-electron chi connectivity index (χ4n) is 8.03. The Hall–Kier alpha value is -5.80. The van der Waals surface area contributed by atoms with Gasteiger partial charge in [0, 0.05) is 33.5 Å². The van der Waals surface area contributed by atoms with Crippen molar-refractivity contribution in [1.29, 1.82) is 0 Å². The standard InChI is InChI=1S/C44H32N2O/c1-44(2)37-12-5-3-10-32(37)33-20-18-31(24-38(33)44)29-9-7-8-28(22-29)30-17-15-26-14-16-27-19-21-40-42(41(27)35(26)23-30)47-43(46-40)36-25-45-39-13-6-4-11-34(36)39/h3-25,43,45-46H,1-2H3. The summed E-state index contributed by atoms with van der Waals surface area (Å²) in [6.07, 6.45) is 1.80. The lowest BCUT2D eigenvalue weighted by Gasteiger charge is -2.22. The second-order valence-corrected chi connectivity index (χ2v) is 13.5. The number of para-hydroxylation sites is 1. The molecule has 1 aliphatic heterocycles. The zero-order chi connectivity index (χ0) is 31.3. The molecule has 7 aromatic carbocycles. The number of anilines is 1. The molecule has 0 bridgehead atoms. The van der Waals surface area contributed by atoms with Crippen molar-refractivity contribution in [1.82, 2.24) is 4.98 Å². The molecule has 0 saturated carbocycles. The number of hydrogen-bond donors (Lipinski definition) is 2. The van der Waals surface area contributed by atoms with Crippen LogP contribution >= 0.6 is 0 Å². The number of aromatic nitrogens is 1. The van der Waals surface area contributed by atoms with Crippen LogP contribution in [0.5, 0.6) is 5.75 Å². The molecule has 1 aromatic heterocycles. The van der Waals surface area contributed by atoms with Gasteiger partial charge in [-0.05, 0) is 91.0 Å². The molecular weight excluding hydrogens is 572 g/mol. The third-order valence-corrected chi connectivity index (χ3v) is 10.5. The van der Waals surface area contributed by atoms with Crippen molar-refractivity contribution in [3.63, 3.8) is 0 Å². The van der Waals surface area contributed by atoms with E-state index in [0.29, 0.717) is 0 Å². The van der Waals surface area contributed by atoms with Gasteiger partial charge in [-0.25, -0.2) is 0 Å². The number of benzene rings is 7. The molecule has 224 valence electrons. The van der Waals surface area contributed by atoms with Crippen LogP contribution in [0.3, 0.4) is 0 Å². The summed E-state index contributed by atoms with van der Waals surface area (Å²) in [4.78, 5) is 3.40. The Morgan fingerprint density at radius 3 is 2.19 bits per heavy atom. The zero-order valence-electron chi connectivity index (χ0n) is 26.3. The van der Waals surface area contributed by atoms with Gasteiger partial charge in [0.15, 0.2) is 12.0 Å². The Morgan fingerprint density at radius 2 is 1.28 bits per heavy atom. The van der Waals surface area contributed by atoms with Gasteiger partial charge in [0.05, 0.1) is 5.69 Å². The minimum atomic E-state index is -0.257. The average Bonchev–Trinajstić information content (AvgIpc) is 3.81. The monoisotopic (exact) mass is 604 g/mol. The molecular formula is C44H32N2O. The van der Waals surface area contributed by atoms with Crippen LogP contribution in [-0.2, 0) is 5.41 Å². The van der Waals surface area contributed by atoms with E-state index in [-0.39, 0.29) is 11.6 Å². The Morgan fingerprint density at radius 1 is 0.574 bits per heavy atom. The summed E-state index contributed by atoms with van der Waals surface area (Å²) >= 11 is 0. The summed E-state index contributed by atoms with van der Waals surface area (Å²) in [5.74, 6) is 0.913. The first kappa shape index (κ1) is 26.4. The highest BCUT2D eigenvalue weighted by Gasteiger charge is 2.35. The summed E-state index contributed by atoms with van der Waals surface area (Å²) in [5.41, 5.74) is 13.6. The van der Waals surface area contributed by atoms with Crippen molar-refractivity contribution in [3.05, 3.63) is 156 Å². The van der Waals surface area contributed by atoms with Gasteiger partial charge in [-0.1, -0.05) is 117 Å². The molecule has 0 amide bonds. The van der Waals surface area contributed by atoms with Crippen LogP contribution in [-0.4, -0.2) is 4.98 Å². The summed E-state index contributed by atoms with van der Waals surface area (Å²) < 4.78 is 6.75. The van der Waals surface area contributed by atoms with Gasteiger partial charge in [-0.15, -0.1) is 0 Å². The van der Waals surface area contributed by atoms with E-state index in [1.165, 1.54) is 66.1 Å². The van der Waals surface area contributed by atoms with Gasteiger partial charge < -0.3 is 15.0 Å². The molecule has 0 radical (unpaired) electrons. The first-order valence-electron chi connectivity index (χ1n) is 16.4. The van der Waals surface area contributed by atoms with E-state index in [9.17, 15) is 0 Å². The predicted octanol–water partition coefficient (Wildman–Crippen LogP) is 11.6. The third kappa shape index (κ3) is 3.86. The molecule has 0 spiro atoms. The van der Waals surface area contributed by atoms with Crippen LogP contribution < -0.4 is 10.1 Å². The molecule has 0 fully saturated rings. The normalized spacial score (nSPS) is 15.7. The number of ether oxygens (including phenoxy) is 1. The zero-order valence-corrected chi connectivity index (χ0v) is 26.3. The summed E-state index contributed by atoms with van der Waals surface area (Å²) in [5, 5.41) is 9.53. The summed E-state index contributed by atoms with van der Waals surface area (Å²) in [6, 6.07) is 48.7. The van der Waals surface area contributed by atoms with Crippen molar-refractivity contribution in [2.24, 2.45) is 0 Å². The maximum Gasteiger partial charge on any atom is 0.198 e. The van der Waals surface area contributed by atoms with E-state index >= 15 is 0 Å². The molecule has 8 aromatic rings. The lowest BCUT2D eigenvalue weighted by molar-refractivity contribution is 0.264. The maximum atomic E-state index is 6.75. The van der Waals surface area contributed by atoms with E-state index in [0.717, 1.165) is 27.9 Å². The average molecular weight is 605 g/mol. The first-order chi connectivity index (χ1) is 23.0. The van der Waals surface area contributed by atoms with Gasteiger partial charge in [-0.3, -0.25) is 0 Å². The lowest BCUT2D eigenvalue weighted by Crippen LogP contribution is -2.14. The second kappa shape index (κ2) is 9.60. The Bertz CT molecular complexity index is 2570. The number of nitrogens with one attached hydrogen (secondary N) is 2. The number of hydrogen-bond acceptors (Lipinski definition) is 2. The molecule has 1 unspecified atom stereocenters. The van der Waals surface area contributed by atoms with Crippen LogP contribution in [0.25, 0.3) is 65.8 Å². The van der Waals surface area contributed by atoms with Crippen LogP contribution in [0.2, 0.25) is 0 Å². The Balaban J connectivity index is 1.06. The van der Waals surface area contributed by atoms with E-state index in [1.54, 1.807) is 0 Å². The molecule has 1 aliphatic carbocycles. The van der Waals surface area contributed by atoms with E-state index < -0.39 is 0 Å². The highest BCUT2D eigenvalue weighted by Crippen LogP contribution is 2.50. The van der Waals surface area contributed by atoms with Crippen LogP contribution in [0.15, 0.2) is 140 Å². The topological polar surface area (TPSA) is 37.0 Å². The van der Waals surface area contributed by atoms with Crippen molar-refractivity contribution in [2.75, 3.05) is 5.32 Å². The fraction of sp³-hybridized carbons (Fsp3) is 0.0909. The number of fused-ring (bicyclic) bond motifs is 9. The highest BCUT2D eigenvalue weighted by molar-refractivity contribution is 6.14. The third-order valence-electron chi connectivity index (χ3n) is 10.5. The van der Waals surface area contributed by atoms with Crippen molar-refractivity contribution in [3.8, 4) is 39.1 Å². The van der Waals surface area contributed by atoms with Gasteiger partial charge in [0.25, 0.3) is 0 Å². The molecule has 0 saturated heterocycles. The van der Waals surface area contributed by atoms with Crippen LogP contribution in [0.4, 0.5) is 5.69 Å². The van der Waals surface area contributed by atoms with E-state index in [4.69, 9.17) is 4.74 Å². The van der Waals surface area contributed by atoms with Crippen LogP contribution in [0, 0.1) is 0 Å². The second-order valence-electron chi connectivity index (χ2n) is 13.5. The SMILES string of the molecule is CC1(C)c2ccccc2-c2ccc(-c3cccc(-c4ccc5ccc6ccc7c(c6c5c4)OC(c4c[nH]c5ccccc45)N7)c3)cc21. The minimum Gasteiger partial charge on any atom is -0.464 e. The number of rotatable bonds is 3.